The standard InChI is InChI=1S/C24H25N5O4/c1-16(30)27-19-6-4-5-18(11-19)23(31)29-24(26-15-17-7-9-25-10-8-17)28-20-12-21(32-2)14-22(13-20)33-3/h4-14H,15H2,1-3H3,(H,27,30)(H2,26,28,29,31). The molecule has 1 aromatic heterocycles. The van der Waals surface area contributed by atoms with Gasteiger partial charge >= 0.3 is 0 Å². The van der Waals surface area contributed by atoms with E-state index in [1.54, 1.807) is 69.1 Å². The summed E-state index contributed by atoms with van der Waals surface area (Å²) >= 11 is 0. The van der Waals surface area contributed by atoms with E-state index in [1.165, 1.54) is 6.92 Å². The van der Waals surface area contributed by atoms with Gasteiger partial charge in [-0.3, -0.25) is 19.9 Å². The molecule has 33 heavy (non-hydrogen) atoms. The van der Waals surface area contributed by atoms with E-state index in [4.69, 9.17) is 9.47 Å². The van der Waals surface area contributed by atoms with Gasteiger partial charge in [-0.05, 0) is 35.9 Å². The van der Waals surface area contributed by atoms with Gasteiger partial charge in [-0.2, -0.15) is 0 Å². The Morgan fingerprint density at radius 1 is 0.909 bits per heavy atom. The van der Waals surface area contributed by atoms with Crippen LogP contribution in [0.1, 0.15) is 22.8 Å². The molecule has 0 bridgehead atoms. The molecule has 9 heteroatoms. The van der Waals surface area contributed by atoms with E-state index < -0.39 is 5.91 Å². The summed E-state index contributed by atoms with van der Waals surface area (Å²) in [6, 6.07) is 15.6. The van der Waals surface area contributed by atoms with Crippen molar-refractivity contribution in [3.05, 3.63) is 78.1 Å². The molecule has 9 nitrogen and oxygen atoms in total. The summed E-state index contributed by atoms with van der Waals surface area (Å²) < 4.78 is 10.6. The molecular formula is C24H25N5O4. The summed E-state index contributed by atoms with van der Waals surface area (Å²) in [7, 11) is 3.11. The topological polar surface area (TPSA) is 114 Å². The number of hydrogen-bond donors (Lipinski definition) is 3. The van der Waals surface area contributed by atoms with Crippen LogP contribution in [-0.4, -0.2) is 37.0 Å². The van der Waals surface area contributed by atoms with Gasteiger partial charge in [-0.25, -0.2) is 4.99 Å². The number of carbonyl (C=O) groups is 2. The predicted molar refractivity (Wildman–Crippen MR) is 127 cm³/mol. The first-order valence-corrected chi connectivity index (χ1v) is 10.1. The van der Waals surface area contributed by atoms with Crippen LogP contribution in [0.2, 0.25) is 0 Å². The zero-order valence-corrected chi connectivity index (χ0v) is 18.6. The molecule has 0 spiro atoms. The number of rotatable bonds is 7. The molecule has 0 aliphatic heterocycles. The highest BCUT2D eigenvalue weighted by molar-refractivity contribution is 6.10. The number of nitrogens with zero attached hydrogens (tertiary/aromatic N) is 2. The van der Waals surface area contributed by atoms with Crippen molar-refractivity contribution in [2.75, 3.05) is 24.9 Å². The summed E-state index contributed by atoms with van der Waals surface area (Å²) in [5, 5.41) is 8.58. The second-order valence-corrected chi connectivity index (χ2v) is 6.96. The van der Waals surface area contributed by atoms with Crippen LogP contribution in [0, 0.1) is 0 Å². The number of guanidine groups is 1. The highest BCUT2D eigenvalue weighted by atomic mass is 16.5. The second kappa shape index (κ2) is 11.3. The maximum atomic E-state index is 12.9. The Kier molecular flexibility index (Phi) is 7.96. The number of aromatic nitrogens is 1. The summed E-state index contributed by atoms with van der Waals surface area (Å²) in [6.07, 6.45) is 3.36. The normalized spacial score (nSPS) is 10.8. The highest BCUT2D eigenvalue weighted by Crippen LogP contribution is 2.25. The van der Waals surface area contributed by atoms with Crippen molar-refractivity contribution in [3.8, 4) is 11.5 Å². The van der Waals surface area contributed by atoms with E-state index >= 15 is 0 Å². The largest absolute Gasteiger partial charge is 0.497 e. The zero-order chi connectivity index (χ0) is 23.6. The fourth-order valence-electron chi connectivity index (χ4n) is 2.91. The first-order valence-electron chi connectivity index (χ1n) is 10.1. The van der Waals surface area contributed by atoms with E-state index in [-0.39, 0.29) is 11.9 Å². The third kappa shape index (κ3) is 7.06. The third-order valence-electron chi connectivity index (χ3n) is 4.46. The second-order valence-electron chi connectivity index (χ2n) is 6.96. The molecule has 1 heterocycles. The summed E-state index contributed by atoms with van der Waals surface area (Å²) in [5.74, 6) is 0.787. The molecule has 0 atom stereocenters. The van der Waals surface area contributed by atoms with Crippen molar-refractivity contribution in [1.82, 2.24) is 10.3 Å². The van der Waals surface area contributed by atoms with Gasteiger partial charge in [0, 0.05) is 54.5 Å². The van der Waals surface area contributed by atoms with E-state index in [1.807, 2.05) is 12.1 Å². The van der Waals surface area contributed by atoms with Gasteiger partial charge in [0.05, 0.1) is 20.8 Å². The number of benzene rings is 2. The molecule has 3 N–H and O–H groups in total. The predicted octanol–water partition coefficient (Wildman–Crippen LogP) is 3.46. The number of aliphatic imine (C=N–C) groups is 1. The molecule has 0 unspecified atom stereocenters. The summed E-state index contributed by atoms with van der Waals surface area (Å²) in [5.41, 5.74) is 2.43. The lowest BCUT2D eigenvalue weighted by Crippen LogP contribution is -2.36. The number of hydrogen-bond acceptors (Lipinski definition) is 6. The van der Waals surface area contributed by atoms with Crippen LogP contribution in [0.4, 0.5) is 11.4 Å². The molecular weight excluding hydrogens is 422 g/mol. The summed E-state index contributed by atoms with van der Waals surface area (Å²) in [6.45, 7) is 1.72. The number of methoxy groups -OCH3 is 2. The van der Waals surface area contributed by atoms with Crippen LogP contribution in [0.5, 0.6) is 11.5 Å². The van der Waals surface area contributed by atoms with E-state index in [2.05, 4.69) is 25.9 Å². The Hall–Kier alpha value is -4.40. The van der Waals surface area contributed by atoms with Crippen molar-refractivity contribution in [2.45, 2.75) is 13.5 Å². The minimum absolute atomic E-state index is 0.221. The Labute approximate surface area is 191 Å². The van der Waals surface area contributed by atoms with Gasteiger partial charge in [-0.15, -0.1) is 0 Å². The minimum atomic E-state index is -0.391. The number of amides is 2. The van der Waals surface area contributed by atoms with Crippen LogP contribution < -0.4 is 25.4 Å². The average molecular weight is 447 g/mol. The maximum absolute atomic E-state index is 12.9. The Morgan fingerprint density at radius 2 is 1.61 bits per heavy atom. The maximum Gasteiger partial charge on any atom is 0.258 e. The zero-order valence-electron chi connectivity index (χ0n) is 18.6. The van der Waals surface area contributed by atoms with Crippen molar-refractivity contribution in [2.24, 2.45) is 4.99 Å². The Balaban J connectivity index is 1.86. The van der Waals surface area contributed by atoms with Crippen LogP contribution in [-0.2, 0) is 11.3 Å². The van der Waals surface area contributed by atoms with Crippen molar-refractivity contribution >= 4 is 29.1 Å². The molecule has 0 saturated heterocycles. The molecule has 3 aromatic rings. The molecule has 0 aliphatic carbocycles. The fourth-order valence-corrected chi connectivity index (χ4v) is 2.91. The highest BCUT2D eigenvalue weighted by Gasteiger charge is 2.12. The third-order valence-corrected chi connectivity index (χ3v) is 4.46. The molecule has 2 aromatic carbocycles. The minimum Gasteiger partial charge on any atom is -0.497 e. The first-order chi connectivity index (χ1) is 16.0. The van der Waals surface area contributed by atoms with Crippen molar-refractivity contribution < 1.29 is 19.1 Å². The lowest BCUT2D eigenvalue weighted by Gasteiger charge is -2.14. The van der Waals surface area contributed by atoms with E-state index in [9.17, 15) is 9.59 Å². The van der Waals surface area contributed by atoms with Crippen LogP contribution in [0.25, 0.3) is 0 Å². The molecule has 0 radical (unpaired) electrons. The first kappa shape index (κ1) is 23.3. The molecule has 3 rings (SSSR count). The molecule has 2 amide bonds. The van der Waals surface area contributed by atoms with Crippen molar-refractivity contribution in [3.63, 3.8) is 0 Å². The monoisotopic (exact) mass is 447 g/mol. The quantitative estimate of drug-likeness (QED) is 0.378. The van der Waals surface area contributed by atoms with Gasteiger partial charge in [0.25, 0.3) is 5.91 Å². The number of ether oxygens (including phenoxy) is 2. The lowest BCUT2D eigenvalue weighted by atomic mass is 10.2. The van der Waals surface area contributed by atoms with Gasteiger partial charge in [0.1, 0.15) is 11.5 Å². The number of pyridine rings is 1. The summed E-state index contributed by atoms with van der Waals surface area (Å²) in [4.78, 5) is 32.8. The molecule has 0 aliphatic rings. The fraction of sp³-hybridized carbons (Fsp3) is 0.167. The van der Waals surface area contributed by atoms with Crippen LogP contribution in [0.15, 0.2) is 72.0 Å². The van der Waals surface area contributed by atoms with Gasteiger partial charge in [-0.1, -0.05) is 6.07 Å². The lowest BCUT2D eigenvalue weighted by molar-refractivity contribution is -0.114. The number of nitrogens with one attached hydrogen (secondary N) is 3. The molecule has 0 fully saturated rings. The van der Waals surface area contributed by atoms with Gasteiger partial charge < -0.3 is 20.1 Å². The van der Waals surface area contributed by atoms with Crippen LogP contribution >= 0.6 is 0 Å². The van der Waals surface area contributed by atoms with E-state index in [0.29, 0.717) is 35.0 Å². The van der Waals surface area contributed by atoms with E-state index in [0.717, 1.165) is 5.56 Å². The van der Waals surface area contributed by atoms with Crippen LogP contribution in [0.3, 0.4) is 0 Å². The molecule has 0 saturated carbocycles. The molecule has 170 valence electrons. The average Bonchev–Trinajstić information content (AvgIpc) is 2.82. The van der Waals surface area contributed by atoms with Gasteiger partial charge in [0.15, 0.2) is 0 Å². The Bertz CT molecular complexity index is 1130. The SMILES string of the molecule is COc1cc(NC(=NCc2ccncc2)NC(=O)c2cccc(NC(C)=O)c2)cc(OC)c1. The van der Waals surface area contributed by atoms with Gasteiger partial charge in [0.2, 0.25) is 11.9 Å². The number of anilines is 2. The van der Waals surface area contributed by atoms with Crippen molar-refractivity contribution in [1.29, 1.82) is 0 Å². The Morgan fingerprint density at radius 3 is 2.24 bits per heavy atom. The smallest absolute Gasteiger partial charge is 0.258 e. The number of carbonyl (C=O) groups excluding carboxylic acids is 2.